The summed E-state index contributed by atoms with van der Waals surface area (Å²) in [5, 5.41) is 7.09. The van der Waals surface area contributed by atoms with Crippen LogP contribution in [0.5, 0.6) is 0 Å². The van der Waals surface area contributed by atoms with Crippen molar-refractivity contribution in [1.82, 2.24) is 0 Å². The molecule has 4 aromatic rings. The summed E-state index contributed by atoms with van der Waals surface area (Å²) >= 11 is 0. The standard InChI is InChI=1S/C31H34N2/c1-5-6-7-25-9-19-31(24(4)21-25)33-29-16-12-27(13-17-29)26-10-14-28(15-11-26)32-30-18-8-22(2)20-23(30)3/h8-21,32-33H,5-7H2,1-4H3. The van der Waals surface area contributed by atoms with Crippen molar-refractivity contribution in [3.8, 4) is 11.1 Å². The summed E-state index contributed by atoms with van der Waals surface area (Å²) in [6, 6.07) is 30.5. The zero-order valence-electron chi connectivity index (χ0n) is 20.2. The summed E-state index contributed by atoms with van der Waals surface area (Å²) in [6.45, 7) is 8.68. The van der Waals surface area contributed by atoms with E-state index in [1.165, 1.54) is 51.9 Å². The van der Waals surface area contributed by atoms with Crippen LogP contribution in [0.2, 0.25) is 0 Å². The van der Waals surface area contributed by atoms with Crippen molar-refractivity contribution in [2.45, 2.75) is 47.0 Å². The molecule has 4 aromatic carbocycles. The molecule has 0 aliphatic rings. The first-order chi connectivity index (χ1) is 16.0. The number of nitrogens with one attached hydrogen (secondary N) is 2. The quantitative estimate of drug-likeness (QED) is 0.289. The van der Waals surface area contributed by atoms with Gasteiger partial charge in [-0.2, -0.15) is 0 Å². The van der Waals surface area contributed by atoms with Gasteiger partial charge >= 0.3 is 0 Å². The fourth-order valence-corrected chi connectivity index (χ4v) is 4.16. The molecule has 0 spiro atoms. The minimum atomic E-state index is 1.10. The molecule has 0 atom stereocenters. The van der Waals surface area contributed by atoms with Gasteiger partial charge < -0.3 is 10.6 Å². The number of unbranched alkanes of at least 4 members (excludes halogenated alkanes) is 1. The van der Waals surface area contributed by atoms with Gasteiger partial charge in [-0.1, -0.05) is 67.4 Å². The lowest BCUT2D eigenvalue weighted by atomic mass is 10.0. The lowest BCUT2D eigenvalue weighted by Gasteiger charge is -2.13. The van der Waals surface area contributed by atoms with Crippen molar-refractivity contribution in [2.24, 2.45) is 0 Å². The number of aryl methyl sites for hydroxylation is 4. The van der Waals surface area contributed by atoms with Crippen LogP contribution in [0.25, 0.3) is 11.1 Å². The molecule has 168 valence electrons. The molecule has 0 amide bonds. The highest BCUT2D eigenvalue weighted by atomic mass is 14.9. The topological polar surface area (TPSA) is 24.1 Å². The van der Waals surface area contributed by atoms with Crippen LogP contribution >= 0.6 is 0 Å². The predicted molar refractivity (Wildman–Crippen MR) is 144 cm³/mol. The number of hydrogen-bond acceptors (Lipinski definition) is 2. The average Bonchev–Trinajstić information content (AvgIpc) is 2.82. The summed E-state index contributed by atoms with van der Waals surface area (Å²) in [4.78, 5) is 0. The Balaban J connectivity index is 1.41. The van der Waals surface area contributed by atoms with E-state index in [-0.39, 0.29) is 0 Å². The van der Waals surface area contributed by atoms with Crippen LogP contribution in [0.15, 0.2) is 84.9 Å². The molecule has 0 bridgehead atoms. The Bertz CT molecular complexity index is 1200. The average molecular weight is 435 g/mol. The first-order valence-electron chi connectivity index (χ1n) is 11.9. The molecule has 0 fully saturated rings. The highest BCUT2D eigenvalue weighted by Crippen LogP contribution is 2.28. The normalized spacial score (nSPS) is 10.8. The van der Waals surface area contributed by atoms with Crippen LogP contribution in [0.4, 0.5) is 22.7 Å². The van der Waals surface area contributed by atoms with Gasteiger partial charge in [0.15, 0.2) is 0 Å². The van der Waals surface area contributed by atoms with Crippen LogP contribution in [-0.4, -0.2) is 0 Å². The van der Waals surface area contributed by atoms with E-state index >= 15 is 0 Å². The molecule has 2 heteroatoms. The second-order valence-electron chi connectivity index (χ2n) is 8.98. The minimum Gasteiger partial charge on any atom is -0.355 e. The fourth-order valence-electron chi connectivity index (χ4n) is 4.16. The number of anilines is 4. The molecular weight excluding hydrogens is 400 g/mol. The Morgan fingerprint density at radius 1 is 0.576 bits per heavy atom. The Morgan fingerprint density at radius 3 is 1.58 bits per heavy atom. The van der Waals surface area contributed by atoms with Gasteiger partial charge in [-0.15, -0.1) is 0 Å². The highest BCUT2D eigenvalue weighted by Gasteiger charge is 2.04. The van der Waals surface area contributed by atoms with Gasteiger partial charge in [0.2, 0.25) is 0 Å². The van der Waals surface area contributed by atoms with Crippen LogP contribution in [0.3, 0.4) is 0 Å². The van der Waals surface area contributed by atoms with Gasteiger partial charge in [-0.3, -0.25) is 0 Å². The van der Waals surface area contributed by atoms with Crippen molar-refractivity contribution in [3.63, 3.8) is 0 Å². The first kappa shape index (κ1) is 22.7. The van der Waals surface area contributed by atoms with Gasteiger partial charge in [0.05, 0.1) is 0 Å². The van der Waals surface area contributed by atoms with Crippen LogP contribution < -0.4 is 10.6 Å². The van der Waals surface area contributed by atoms with Crippen molar-refractivity contribution in [2.75, 3.05) is 10.6 Å². The van der Waals surface area contributed by atoms with Gasteiger partial charge in [0.1, 0.15) is 0 Å². The van der Waals surface area contributed by atoms with E-state index in [2.05, 4.69) is 123 Å². The van der Waals surface area contributed by atoms with Gasteiger partial charge in [-0.25, -0.2) is 0 Å². The fraction of sp³-hybridized carbons (Fsp3) is 0.226. The highest BCUT2D eigenvalue weighted by molar-refractivity contribution is 5.72. The Kier molecular flexibility index (Phi) is 7.14. The molecule has 0 saturated heterocycles. The molecular formula is C31H34N2. The third-order valence-electron chi connectivity index (χ3n) is 6.15. The van der Waals surface area contributed by atoms with Gasteiger partial charge in [0.25, 0.3) is 0 Å². The van der Waals surface area contributed by atoms with E-state index in [9.17, 15) is 0 Å². The summed E-state index contributed by atoms with van der Waals surface area (Å²) in [5.41, 5.74) is 12.2. The second-order valence-corrected chi connectivity index (χ2v) is 8.98. The van der Waals surface area contributed by atoms with E-state index in [0.717, 1.165) is 23.5 Å². The summed E-state index contributed by atoms with van der Waals surface area (Å²) < 4.78 is 0. The van der Waals surface area contributed by atoms with Gasteiger partial charge in [0, 0.05) is 22.7 Å². The number of hydrogen-bond donors (Lipinski definition) is 2. The van der Waals surface area contributed by atoms with E-state index in [1.54, 1.807) is 0 Å². The molecule has 2 nitrogen and oxygen atoms in total. The molecule has 0 radical (unpaired) electrons. The van der Waals surface area contributed by atoms with Crippen molar-refractivity contribution < 1.29 is 0 Å². The van der Waals surface area contributed by atoms with Crippen LogP contribution in [-0.2, 0) is 6.42 Å². The molecule has 0 unspecified atom stereocenters. The summed E-state index contributed by atoms with van der Waals surface area (Å²) in [7, 11) is 0. The molecule has 33 heavy (non-hydrogen) atoms. The van der Waals surface area contributed by atoms with E-state index in [0.29, 0.717) is 0 Å². The molecule has 0 saturated carbocycles. The zero-order valence-corrected chi connectivity index (χ0v) is 20.2. The van der Waals surface area contributed by atoms with Crippen molar-refractivity contribution in [1.29, 1.82) is 0 Å². The molecule has 0 heterocycles. The van der Waals surface area contributed by atoms with Crippen molar-refractivity contribution in [3.05, 3.63) is 107 Å². The number of benzene rings is 4. The third kappa shape index (κ3) is 5.84. The summed E-state index contributed by atoms with van der Waals surface area (Å²) in [5.74, 6) is 0. The summed E-state index contributed by atoms with van der Waals surface area (Å²) in [6.07, 6.45) is 3.64. The largest absolute Gasteiger partial charge is 0.355 e. The molecule has 0 aliphatic carbocycles. The zero-order chi connectivity index (χ0) is 23.2. The first-order valence-corrected chi connectivity index (χ1v) is 11.9. The molecule has 4 rings (SSSR count). The molecule has 0 aromatic heterocycles. The lowest BCUT2D eigenvalue weighted by molar-refractivity contribution is 0.794. The lowest BCUT2D eigenvalue weighted by Crippen LogP contribution is -1.95. The third-order valence-corrected chi connectivity index (χ3v) is 6.15. The maximum absolute atomic E-state index is 3.57. The van der Waals surface area contributed by atoms with Gasteiger partial charge in [-0.05, 0) is 97.8 Å². The monoisotopic (exact) mass is 434 g/mol. The number of rotatable bonds is 8. The predicted octanol–water partition coefficient (Wildman–Crippen LogP) is 9.11. The van der Waals surface area contributed by atoms with E-state index < -0.39 is 0 Å². The SMILES string of the molecule is CCCCc1ccc(Nc2ccc(-c3ccc(Nc4ccc(C)cc4C)cc3)cc2)c(C)c1. The van der Waals surface area contributed by atoms with Crippen molar-refractivity contribution >= 4 is 22.7 Å². The minimum absolute atomic E-state index is 1.10. The van der Waals surface area contributed by atoms with Crippen LogP contribution in [0.1, 0.15) is 42.0 Å². The maximum Gasteiger partial charge on any atom is 0.0414 e. The Morgan fingerprint density at radius 2 is 1.09 bits per heavy atom. The van der Waals surface area contributed by atoms with E-state index in [1.807, 2.05) is 0 Å². The molecule has 2 N–H and O–H groups in total. The maximum atomic E-state index is 3.57. The van der Waals surface area contributed by atoms with E-state index in [4.69, 9.17) is 0 Å². The smallest absolute Gasteiger partial charge is 0.0414 e. The van der Waals surface area contributed by atoms with Crippen LogP contribution in [0, 0.1) is 20.8 Å². The Labute approximate surface area is 198 Å². The molecule has 0 aliphatic heterocycles. The Hall–Kier alpha value is -3.52. The second kappa shape index (κ2) is 10.4.